The Hall–Kier alpha value is -1.81. The second-order valence-electron chi connectivity index (χ2n) is 8.16. The minimum absolute atomic E-state index is 0.164. The van der Waals surface area contributed by atoms with Crippen molar-refractivity contribution in [2.45, 2.75) is 49.7 Å². The summed E-state index contributed by atoms with van der Waals surface area (Å²) in [5.41, 5.74) is 3.48. The van der Waals surface area contributed by atoms with E-state index >= 15 is 0 Å². The van der Waals surface area contributed by atoms with Gasteiger partial charge in [0.25, 0.3) is 0 Å². The number of rotatable bonds is 2. The second-order valence-corrected chi connectivity index (χ2v) is 8.16. The van der Waals surface area contributed by atoms with Crippen LogP contribution < -0.4 is 4.74 Å². The lowest BCUT2D eigenvalue weighted by molar-refractivity contribution is -0.128. The van der Waals surface area contributed by atoms with E-state index in [2.05, 4.69) is 11.0 Å². The molecule has 6 rings (SSSR count). The SMILES string of the molecule is O=C1CC=C2[C@H]3Cc4ccc(O)c5c4[C@@]2(CCN3CC2CC2)[C@H]1O5. The van der Waals surface area contributed by atoms with E-state index in [4.69, 9.17) is 4.74 Å². The lowest BCUT2D eigenvalue weighted by Crippen LogP contribution is -2.61. The first-order chi connectivity index (χ1) is 11.7. The van der Waals surface area contributed by atoms with Gasteiger partial charge in [-0.3, -0.25) is 9.69 Å². The summed E-state index contributed by atoms with van der Waals surface area (Å²) in [5.74, 6) is 1.80. The van der Waals surface area contributed by atoms with Gasteiger partial charge in [0.05, 0.1) is 5.41 Å². The fraction of sp³-hybridized carbons (Fsp3) is 0.550. The molecule has 0 aromatic heterocycles. The summed E-state index contributed by atoms with van der Waals surface area (Å²) in [4.78, 5) is 15.3. The molecule has 2 heterocycles. The number of aromatic hydroxyl groups is 1. The van der Waals surface area contributed by atoms with E-state index in [1.165, 1.54) is 30.5 Å². The number of hydrogen-bond acceptors (Lipinski definition) is 4. The van der Waals surface area contributed by atoms with Crippen molar-refractivity contribution < 1.29 is 14.6 Å². The number of benzene rings is 1. The van der Waals surface area contributed by atoms with Crippen LogP contribution in [0.5, 0.6) is 11.5 Å². The zero-order chi connectivity index (χ0) is 16.1. The maximum atomic E-state index is 12.6. The summed E-state index contributed by atoms with van der Waals surface area (Å²) < 4.78 is 6.09. The molecule has 0 unspecified atom stereocenters. The van der Waals surface area contributed by atoms with Gasteiger partial charge in [-0.1, -0.05) is 12.1 Å². The van der Waals surface area contributed by atoms with Gasteiger partial charge in [0.2, 0.25) is 0 Å². The zero-order valence-electron chi connectivity index (χ0n) is 13.6. The number of likely N-dealkylation sites (tertiary alicyclic amines) is 1. The van der Waals surface area contributed by atoms with Crippen LogP contribution in [-0.4, -0.2) is 41.0 Å². The third-order valence-electron chi connectivity index (χ3n) is 6.88. The normalized spacial score (nSPS) is 36.2. The van der Waals surface area contributed by atoms with Gasteiger partial charge in [0.1, 0.15) is 0 Å². The van der Waals surface area contributed by atoms with Gasteiger partial charge in [-0.25, -0.2) is 0 Å². The average Bonchev–Trinajstić information content (AvgIpc) is 3.32. The predicted octanol–water partition coefficient (Wildman–Crippen LogP) is 2.33. The molecule has 2 aliphatic heterocycles. The molecule has 2 bridgehead atoms. The molecule has 1 aromatic carbocycles. The molecule has 4 nitrogen and oxygen atoms in total. The van der Waals surface area contributed by atoms with E-state index in [-0.39, 0.29) is 16.9 Å². The van der Waals surface area contributed by atoms with Crippen molar-refractivity contribution in [1.82, 2.24) is 4.90 Å². The van der Waals surface area contributed by atoms with Gasteiger partial charge in [-0.15, -0.1) is 0 Å². The van der Waals surface area contributed by atoms with Crippen LogP contribution in [0.4, 0.5) is 0 Å². The Morgan fingerprint density at radius 2 is 2.21 bits per heavy atom. The number of carbonyl (C=O) groups excluding carboxylic acids is 1. The lowest BCUT2D eigenvalue weighted by Gasteiger charge is -2.53. The van der Waals surface area contributed by atoms with Crippen LogP contribution in [0.25, 0.3) is 0 Å². The smallest absolute Gasteiger partial charge is 0.178 e. The quantitative estimate of drug-likeness (QED) is 0.849. The second kappa shape index (κ2) is 4.23. The minimum atomic E-state index is -0.426. The molecule has 5 aliphatic rings. The Bertz CT molecular complexity index is 809. The summed E-state index contributed by atoms with van der Waals surface area (Å²) in [6, 6.07) is 4.19. The Kier molecular flexibility index (Phi) is 2.38. The van der Waals surface area contributed by atoms with Crippen LogP contribution in [-0.2, 0) is 16.6 Å². The minimum Gasteiger partial charge on any atom is -0.504 e. The Labute approximate surface area is 141 Å². The standard InChI is InChI=1S/C20H21NO3/c22-15-5-3-12-9-14-13-4-6-16(23)19-20(13,17(12)18(15)24-19)7-8-21(14)10-11-1-2-11/h3-5,11,14,19,22H,1-2,6-10H2/t14-,19+,20+/m1/s1. The molecule has 1 aromatic rings. The van der Waals surface area contributed by atoms with Crippen LogP contribution in [0.2, 0.25) is 0 Å². The first-order valence-electron chi connectivity index (χ1n) is 9.18. The molecule has 1 N–H and O–H groups in total. The molecule has 124 valence electrons. The molecule has 1 saturated heterocycles. The molecule has 24 heavy (non-hydrogen) atoms. The van der Waals surface area contributed by atoms with Gasteiger partial charge in [0, 0.05) is 31.1 Å². The highest BCUT2D eigenvalue weighted by atomic mass is 16.5. The first kappa shape index (κ1) is 13.5. The van der Waals surface area contributed by atoms with Crippen LogP contribution in [0, 0.1) is 5.92 Å². The predicted molar refractivity (Wildman–Crippen MR) is 88.3 cm³/mol. The Morgan fingerprint density at radius 1 is 1.33 bits per heavy atom. The van der Waals surface area contributed by atoms with Crippen LogP contribution in [0.3, 0.4) is 0 Å². The van der Waals surface area contributed by atoms with E-state index in [0.717, 1.165) is 30.9 Å². The fourth-order valence-electron chi connectivity index (χ4n) is 5.68. The number of Topliss-reactive ketones (excluding diaryl/α,β-unsaturated/α-hetero) is 1. The van der Waals surface area contributed by atoms with Crippen LogP contribution >= 0.6 is 0 Å². The zero-order valence-corrected chi connectivity index (χ0v) is 13.6. The monoisotopic (exact) mass is 323 g/mol. The number of hydrogen-bond donors (Lipinski definition) is 1. The van der Waals surface area contributed by atoms with E-state index in [1.807, 2.05) is 6.07 Å². The molecular weight excluding hydrogens is 302 g/mol. The number of ether oxygens (including phenoxy) is 1. The average molecular weight is 323 g/mol. The fourth-order valence-corrected chi connectivity index (χ4v) is 5.68. The number of phenols is 1. The van der Waals surface area contributed by atoms with Gasteiger partial charge >= 0.3 is 0 Å². The first-order valence-corrected chi connectivity index (χ1v) is 9.18. The van der Waals surface area contributed by atoms with Gasteiger partial charge < -0.3 is 9.84 Å². The number of allylic oxidation sites excluding steroid dienone is 1. The van der Waals surface area contributed by atoms with E-state index in [9.17, 15) is 9.90 Å². The summed E-state index contributed by atoms with van der Waals surface area (Å²) in [7, 11) is 0. The van der Waals surface area contributed by atoms with Crippen LogP contribution in [0.1, 0.15) is 36.8 Å². The maximum Gasteiger partial charge on any atom is 0.178 e. The maximum absolute atomic E-state index is 12.6. The molecule has 1 saturated carbocycles. The molecule has 2 fully saturated rings. The highest BCUT2D eigenvalue weighted by molar-refractivity contribution is 5.92. The lowest BCUT2D eigenvalue weighted by atomic mass is 9.56. The van der Waals surface area contributed by atoms with Crippen molar-refractivity contribution in [3.05, 3.63) is 34.9 Å². The van der Waals surface area contributed by atoms with Crippen molar-refractivity contribution in [3.63, 3.8) is 0 Å². The summed E-state index contributed by atoms with van der Waals surface area (Å²) in [5, 5.41) is 10.3. The largest absolute Gasteiger partial charge is 0.504 e. The van der Waals surface area contributed by atoms with Crippen molar-refractivity contribution in [2.24, 2.45) is 5.92 Å². The Morgan fingerprint density at radius 3 is 3.04 bits per heavy atom. The van der Waals surface area contributed by atoms with Gasteiger partial charge in [-0.2, -0.15) is 0 Å². The van der Waals surface area contributed by atoms with Gasteiger partial charge in [-0.05, 0) is 48.8 Å². The summed E-state index contributed by atoms with van der Waals surface area (Å²) in [6.07, 6.45) is 6.88. The highest BCUT2D eigenvalue weighted by Crippen LogP contribution is 2.61. The number of ketones is 1. The van der Waals surface area contributed by atoms with Crippen molar-refractivity contribution in [3.8, 4) is 11.5 Å². The number of carbonyl (C=O) groups is 1. The molecule has 0 amide bonds. The van der Waals surface area contributed by atoms with Crippen molar-refractivity contribution in [2.75, 3.05) is 13.1 Å². The summed E-state index contributed by atoms with van der Waals surface area (Å²) >= 11 is 0. The molecule has 4 heteroatoms. The third-order valence-corrected chi connectivity index (χ3v) is 6.88. The topological polar surface area (TPSA) is 49.8 Å². The van der Waals surface area contributed by atoms with E-state index in [0.29, 0.717) is 18.2 Å². The Balaban J connectivity index is 1.57. The number of nitrogens with zero attached hydrogens (tertiary/aromatic N) is 1. The molecule has 3 aliphatic carbocycles. The van der Waals surface area contributed by atoms with E-state index < -0.39 is 6.10 Å². The number of phenolic OH excluding ortho intramolecular Hbond substituents is 1. The summed E-state index contributed by atoms with van der Waals surface area (Å²) in [6.45, 7) is 2.22. The third kappa shape index (κ3) is 1.47. The molecule has 3 atom stereocenters. The highest BCUT2D eigenvalue weighted by Gasteiger charge is 2.63. The molecule has 1 spiro atoms. The number of piperidine rings is 1. The van der Waals surface area contributed by atoms with E-state index in [1.54, 1.807) is 6.07 Å². The van der Waals surface area contributed by atoms with Crippen LogP contribution in [0.15, 0.2) is 23.8 Å². The molecular formula is C20H21NO3. The van der Waals surface area contributed by atoms with Crippen molar-refractivity contribution in [1.29, 1.82) is 0 Å². The van der Waals surface area contributed by atoms with Gasteiger partial charge in [0.15, 0.2) is 23.4 Å². The molecule has 0 radical (unpaired) electrons. The van der Waals surface area contributed by atoms with Crippen molar-refractivity contribution >= 4 is 5.78 Å².